The minimum atomic E-state index is 0.323. The molecule has 70 valence electrons. The van der Waals surface area contributed by atoms with E-state index in [0.717, 1.165) is 23.3 Å². The van der Waals surface area contributed by atoms with E-state index in [4.69, 9.17) is 0 Å². The molecular formula is C11H14OS. The van der Waals surface area contributed by atoms with Crippen molar-refractivity contribution in [3.05, 3.63) is 35.4 Å². The molecule has 0 saturated carbocycles. The van der Waals surface area contributed by atoms with E-state index < -0.39 is 0 Å². The fourth-order valence-corrected chi connectivity index (χ4v) is 1.28. The van der Waals surface area contributed by atoms with Gasteiger partial charge in [-0.05, 0) is 42.4 Å². The molecule has 0 heterocycles. The molecule has 0 bridgehead atoms. The highest BCUT2D eigenvalue weighted by atomic mass is 32.1. The lowest BCUT2D eigenvalue weighted by molar-refractivity contribution is 0.475. The van der Waals surface area contributed by atoms with Crippen LogP contribution in [0.4, 0.5) is 0 Å². The monoisotopic (exact) mass is 194 g/mol. The second-order valence-electron chi connectivity index (χ2n) is 2.96. The second-order valence-corrected chi connectivity index (χ2v) is 3.40. The quantitative estimate of drug-likeness (QED) is 0.709. The van der Waals surface area contributed by atoms with Gasteiger partial charge in [-0.25, -0.2) is 0 Å². The molecular weight excluding hydrogens is 180 g/mol. The van der Waals surface area contributed by atoms with Crippen molar-refractivity contribution in [2.24, 2.45) is 0 Å². The average molecular weight is 194 g/mol. The zero-order chi connectivity index (χ0) is 9.68. The Balaban J connectivity index is 2.77. The van der Waals surface area contributed by atoms with Crippen LogP contribution in [0, 0.1) is 6.92 Å². The molecule has 1 nitrogen and oxygen atoms in total. The lowest BCUT2D eigenvalue weighted by atomic mass is 10.1. The molecule has 0 atom stereocenters. The highest BCUT2D eigenvalue weighted by Crippen LogP contribution is 2.16. The topological polar surface area (TPSA) is 20.2 Å². The lowest BCUT2D eigenvalue weighted by Crippen LogP contribution is -1.79. The maximum atomic E-state index is 9.17. The van der Waals surface area contributed by atoms with Gasteiger partial charge in [0, 0.05) is 0 Å². The Kier molecular flexibility index (Phi) is 3.90. The lowest BCUT2D eigenvalue weighted by Gasteiger charge is -2.00. The Morgan fingerprint density at radius 3 is 2.85 bits per heavy atom. The first-order valence-corrected chi connectivity index (χ1v) is 4.94. The highest BCUT2D eigenvalue weighted by Gasteiger charge is 1.94. The van der Waals surface area contributed by atoms with Crippen molar-refractivity contribution in [2.45, 2.75) is 13.3 Å². The standard InChI is InChI=1S/C11H14OS/c1-9-8-11(12)6-5-10(9)4-2-3-7-13/h2,4-6,8,12-13H,3,7H2,1H3. The van der Waals surface area contributed by atoms with Gasteiger partial charge in [-0.1, -0.05) is 18.2 Å². The van der Waals surface area contributed by atoms with Crippen LogP contribution in [-0.2, 0) is 0 Å². The Morgan fingerprint density at radius 2 is 2.23 bits per heavy atom. The van der Waals surface area contributed by atoms with E-state index in [-0.39, 0.29) is 0 Å². The summed E-state index contributed by atoms with van der Waals surface area (Å²) in [7, 11) is 0. The van der Waals surface area contributed by atoms with Gasteiger partial charge < -0.3 is 5.11 Å². The smallest absolute Gasteiger partial charge is 0.115 e. The molecule has 0 amide bonds. The summed E-state index contributed by atoms with van der Waals surface area (Å²) in [5, 5.41) is 9.17. The first kappa shape index (κ1) is 10.2. The zero-order valence-corrected chi connectivity index (χ0v) is 8.59. The van der Waals surface area contributed by atoms with E-state index in [9.17, 15) is 5.11 Å². The van der Waals surface area contributed by atoms with E-state index in [1.54, 1.807) is 12.1 Å². The Hall–Kier alpha value is -0.890. The predicted octanol–water partition coefficient (Wildman–Crippen LogP) is 3.03. The van der Waals surface area contributed by atoms with Gasteiger partial charge in [-0.15, -0.1) is 0 Å². The summed E-state index contributed by atoms with van der Waals surface area (Å²) in [6.45, 7) is 1.99. The number of hydrogen-bond donors (Lipinski definition) is 2. The number of phenols is 1. The maximum absolute atomic E-state index is 9.17. The molecule has 1 rings (SSSR count). The molecule has 0 fully saturated rings. The SMILES string of the molecule is Cc1cc(O)ccc1C=CCCS. The van der Waals surface area contributed by atoms with Crippen LogP contribution < -0.4 is 0 Å². The summed E-state index contributed by atoms with van der Waals surface area (Å²) in [4.78, 5) is 0. The third kappa shape index (κ3) is 3.15. The molecule has 2 heteroatoms. The van der Waals surface area contributed by atoms with Crippen molar-refractivity contribution in [3.8, 4) is 5.75 Å². The van der Waals surface area contributed by atoms with E-state index >= 15 is 0 Å². The van der Waals surface area contributed by atoms with Gasteiger partial charge in [0.2, 0.25) is 0 Å². The van der Waals surface area contributed by atoms with E-state index in [2.05, 4.69) is 24.8 Å². The normalized spacial score (nSPS) is 10.9. The van der Waals surface area contributed by atoms with Crippen LogP contribution in [0.1, 0.15) is 17.5 Å². The minimum absolute atomic E-state index is 0.323. The van der Waals surface area contributed by atoms with E-state index in [1.807, 2.05) is 13.0 Å². The number of rotatable bonds is 3. The largest absolute Gasteiger partial charge is 0.508 e. The van der Waals surface area contributed by atoms with Crippen molar-refractivity contribution < 1.29 is 5.11 Å². The van der Waals surface area contributed by atoms with Gasteiger partial charge in [0.05, 0.1) is 0 Å². The van der Waals surface area contributed by atoms with E-state index in [0.29, 0.717) is 5.75 Å². The summed E-state index contributed by atoms with van der Waals surface area (Å²) in [5.41, 5.74) is 2.25. The molecule has 13 heavy (non-hydrogen) atoms. The fraction of sp³-hybridized carbons (Fsp3) is 0.273. The molecule has 1 aromatic carbocycles. The molecule has 0 aromatic heterocycles. The first-order chi connectivity index (χ1) is 6.24. The summed E-state index contributed by atoms with van der Waals surface area (Å²) in [5.74, 6) is 1.19. The summed E-state index contributed by atoms with van der Waals surface area (Å²) < 4.78 is 0. The molecule has 1 aromatic rings. The number of thiol groups is 1. The maximum Gasteiger partial charge on any atom is 0.115 e. The number of phenolic OH excluding ortho intramolecular Hbond substituents is 1. The Morgan fingerprint density at radius 1 is 1.46 bits per heavy atom. The molecule has 0 aliphatic carbocycles. The van der Waals surface area contributed by atoms with Gasteiger partial charge in [-0.3, -0.25) is 0 Å². The second kappa shape index (κ2) is 4.97. The van der Waals surface area contributed by atoms with Crippen molar-refractivity contribution in [1.29, 1.82) is 0 Å². The minimum Gasteiger partial charge on any atom is -0.508 e. The third-order valence-electron chi connectivity index (χ3n) is 1.85. The average Bonchev–Trinajstić information content (AvgIpc) is 2.09. The van der Waals surface area contributed by atoms with Crippen LogP contribution in [0.3, 0.4) is 0 Å². The zero-order valence-electron chi connectivity index (χ0n) is 7.70. The molecule has 0 aliphatic heterocycles. The van der Waals surface area contributed by atoms with Crippen LogP contribution in [0.15, 0.2) is 24.3 Å². The Labute approximate surface area is 84.5 Å². The molecule has 0 saturated heterocycles. The fourth-order valence-electron chi connectivity index (χ4n) is 1.13. The number of aromatic hydroxyl groups is 1. The van der Waals surface area contributed by atoms with Crippen LogP contribution in [-0.4, -0.2) is 10.9 Å². The molecule has 0 aliphatic rings. The van der Waals surface area contributed by atoms with Gasteiger partial charge >= 0.3 is 0 Å². The van der Waals surface area contributed by atoms with Gasteiger partial charge in [0.1, 0.15) is 5.75 Å². The molecule has 0 unspecified atom stereocenters. The summed E-state index contributed by atoms with van der Waals surface area (Å²) >= 11 is 4.12. The van der Waals surface area contributed by atoms with Gasteiger partial charge in [-0.2, -0.15) is 12.6 Å². The van der Waals surface area contributed by atoms with Crippen LogP contribution in [0.5, 0.6) is 5.75 Å². The van der Waals surface area contributed by atoms with Gasteiger partial charge in [0.15, 0.2) is 0 Å². The Bertz CT molecular complexity index is 305. The number of hydrogen-bond acceptors (Lipinski definition) is 2. The number of aryl methyl sites for hydroxylation is 1. The van der Waals surface area contributed by atoms with E-state index in [1.165, 1.54) is 0 Å². The van der Waals surface area contributed by atoms with Crippen LogP contribution in [0.25, 0.3) is 6.08 Å². The predicted molar refractivity (Wildman–Crippen MR) is 60.3 cm³/mol. The number of allylic oxidation sites excluding steroid dienone is 1. The first-order valence-electron chi connectivity index (χ1n) is 4.31. The van der Waals surface area contributed by atoms with Crippen molar-refractivity contribution in [3.63, 3.8) is 0 Å². The van der Waals surface area contributed by atoms with Crippen molar-refractivity contribution in [1.82, 2.24) is 0 Å². The molecule has 1 N–H and O–H groups in total. The number of benzene rings is 1. The molecule has 0 radical (unpaired) electrons. The third-order valence-corrected chi connectivity index (χ3v) is 2.10. The van der Waals surface area contributed by atoms with Crippen LogP contribution in [0.2, 0.25) is 0 Å². The highest BCUT2D eigenvalue weighted by molar-refractivity contribution is 7.80. The van der Waals surface area contributed by atoms with Gasteiger partial charge in [0.25, 0.3) is 0 Å². The van der Waals surface area contributed by atoms with Crippen molar-refractivity contribution in [2.75, 3.05) is 5.75 Å². The van der Waals surface area contributed by atoms with Crippen LogP contribution >= 0.6 is 12.6 Å². The summed E-state index contributed by atoms with van der Waals surface area (Å²) in [6.07, 6.45) is 5.13. The molecule has 0 spiro atoms. The van der Waals surface area contributed by atoms with Crippen molar-refractivity contribution >= 4 is 18.7 Å². The summed E-state index contributed by atoms with van der Waals surface area (Å²) in [6, 6.07) is 5.38.